The maximum atomic E-state index is 12.2. The second-order valence-electron chi connectivity index (χ2n) is 4.20. The van der Waals surface area contributed by atoms with Gasteiger partial charge in [-0.15, -0.1) is 23.1 Å². The Morgan fingerprint density at radius 3 is 2.62 bits per heavy atom. The lowest BCUT2D eigenvalue weighted by Gasteiger charge is -2.07. The molecule has 0 spiro atoms. The minimum Gasteiger partial charge on any atom is -0.268 e. The van der Waals surface area contributed by atoms with Crippen molar-refractivity contribution in [3.63, 3.8) is 0 Å². The molecular weight excluding hydrogens is 394 g/mol. The third-order valence-corrected chi connectivity index (χ3v) is 6.83. The molecule has 112 valence electrons. The van der Waals surface area contributed by atoms with Crippen LogP contribution in [0.3, 0.4) is 0 Å². The summed E-state index contributed by atoms with van der Waals surface area (Å²) in [7, 11) is -3.83. The molecule has 0 bridgehead atoms. The lowest BCUT2D eigenvalue weighted by atomic mass is 10.1. The van der Waals surface area contributed by atoms with Crippen LogP contribution in [0.25, 0.3) is 0 Å². The molecule has 0 saturated carbocycles. The average molecular weight is 406 g/mol. The van der Waals surface area contributed by atoms with Crippen LogP contribution >= 0.6 is 39.0 Å². The number of halogens is 1. The molecule has 0 aliphatic carbocycles. The maximum absolute atomic E-state index is 12.2. The molecule has 2 aromatic rings. The number of rotatable bonds is 4. The van der Waals surface area contributed by atoms with Crippen molar-refractivity contribution in [2.24, 2.45) is 0 Å². The molecule has 0 fully saturated rings. The first-order valence-electron chi connectivity index (χ1n) is 5.79. The fourth-order valence-corrected chi connectivity index (χ4v) is 5.06. The normalized spacial score (nSPS) is 11.4. The highest BCUT2D eigenvalue weighted by Crippen LogP contribution is 2.26. The van der Waals surface area contributed by atoms with Gasteiger partial charge in [0.2, 0.25) is 0 Å². The van der Waals surface area contributed by atoms with Crippen molar-refractivity contribution in [2.75, 3.05) is 6.26 Å². The predicted octanol–water partition coefficient (Wildman–Crippen LogP) is 3.66. The largest absolute Gasteiger partial charge is 0.273 e. The number of thiophene rings is 1. The van der Waals surface area contributed by atoms with Crippen LogP contribution in [0.15, 0.2) is 43.2 Å². The number of sulfonamides is 1. The van der Waals surface area contributed by atoms with E-state index in [4.69, 9.17) is 0 Å². The lowest BCUT2D eigenvalue weighted by molar-refractivity contribution is 0.0981. The van der Waals surface area contributed by atoms with E-state index < -0.39 is 15.9 Å². The molecule has 0 atom stereocenters. The second-order valence-corrected chi connectivity index (χ2v) is 8.82. The molecule has 0 radical (unpaired) electrons. The van der Waals surface area contributed by atoms with Gasteiger partial charge in [-0.05, 0) is 43.0 Å². The van der Waals surface area contributed by atoms with Crippen molar-refractivity contribution >= 4 is 55.0 Å². The van der Waals surface area contributed by atoms with Crippen molar-refractivity contribution in [2.45, 2.75) is 16.0 Å². The highest BCUT2D eigenvalue weighted by molar-refractivity contribution is 9.10. The van der Waals surface area contributed by atoms with Crippen molar-refractivity contribution < 1.29 is 13.2 Å². The Morgan fingerprint density at radius 1 is 1.33 bits per heavy atom. The number of carbonyl (C=O) groups is 1. The van der Waals surface area contributed by atoms with Gasteiger partial charge in [0.25, 0.3) is 15.9 Å². The number of thioether (sulfide) groups is 1. The summed E-state index contributed by atoms with van der Waals surface area (Å²) in [5.74, 6) is -0.626. The Kier molecular flexibility index (Phi) is 5.13. The van der Waals surface area contributed by atoms with Crippen LogP contribution in [-0.4, -0.2) is 20.6 Å². The van der Waals surface area contributed by atoms with Crippen LogP contribution in [0.4, 0.5) is 0 Å². The number of aryl methyl sites for hydroxylation is 1. The van der Waals surface area contributed by atoms with E-state index in [0.29, 0.717) is 11.1 Å². The van der Waals surface area contributed by atoms with Crippen LogP contribution in [0.5, 0.6) is 0 Å². The summed E-state index contributed by atoms with van der Waals surface area (Å²) in [6.07, 6.45) is 1.86. The van der Waals surface area contributed by atoms with Crippen LogP contribution in [0, 0.1) is 6.92 Å². The van der Waals surface area contributed by atoms with E-state index in [2.05, 4.69) is 20.7 Å². The molecule has 2 rings (SSSR count). The van der Waals surface area contributed by atoms with Crippen molar-refractivity contribution in [3.8, 4) is 0 Å². The molecule has 1 N–H and O–H groups in total. The van der Waals surface area contributed by atoms with E-state index in [1.165, 1.54) is 11.8 Å². The summed E-state index contributed by atoms with van der Waals surface area (Å²) in [5.41, 5.74) is 1.04. The number of amides is 1. The smallest absolute Gasteiger partial charge is 0.268 e. The number of benzene rings is 1. The number of carbonyl (C=O) groups excluding carboxylic acids is 1. The maximum Gasteiger partial charge on any atom is 0.273 e. The molecule has 1 amide bonds. The zero-order chi connectivity index (χ0) is 15.6. The third kappa shape index (κ3) is 3.88. The van der Waals surface area contributed by atoms with E-state index in [1.54, 1.807) is 36.6 Å². The fourth-order valence-electron chi connectivity index (χ4n) is 1.66. The molecule has 0 saturated heterocycles. The zero-order valence-corrected chi connectivity index (χ0v) is 15.2. The first-order valence-corrected chi connectivity index (χ1v) is 10.2. The summed E-state index contributed by atoms with van der Waals surface area (Å²) in [5, 5.41) is 1.74. The lowest BCUT2D eigenvalue weighted by Crippen LogP contribution is -2.30. The van der Waals surface area contributed by atoms with Gasteiger partial charge in [-0.1, -0.05) is 15.9 Å². The highest BCUT2D eigenvalue weighted by Gasteiger charge is 2.21. The van der Waals surface area contributed by atoms with Gasteiger partial charge in [-0.2, -0.15) is 0 Å². The SMILES string of the molecule is CSc1csc(S(=O)(=O)NC(=O)c2ccc(Br)cc2C)c1. The van der Waals surface area contributed by atoms with Gasteiger partial charge in [0, 0.05) is 20.3 Å². The molecule has 21 heavy (non-hydrogen) atoms. The van der Waals surface area contributed by atoms with E-state index in [0.717, 1.165) is 20.7 Å². The Balaban J connectivity index is 2.25. The van der Waals surface area contributed by atoms with Gasteiger partial charge < -0.3 is 0 Å². The van der Waals surface area contributed by atoms with Gasteiger partial charge in [0.1, 0.15) is 4.21 Å². The van der Waals surface area contributed by atoms with Gasteiger partial charge in [0.05, 0.1) is 0 Å². The van der Waals surface area contributed by atoms with Gasteiger partial charge >= 0.3 is 0 Å². The molecule has 8 heteroatoms. The van der Waals surface area contributed by atoms with E-state index in [1.807, 2.05) is 6.26 Å². The van der Waals surface area contributed by atoms with Crippen LogP contribution in [0.1, 0.15) is 15.9 Å². The Morgan fingerprint density at radius 2 is 2.05 bits per heavy atom. The standard InChI is InChI=1S/C13H12BrNO3S3/c1-8-5-9(14)3-4-11(8)13(16)15-21(17,18)12-6-10(19-2)7-20-12/h3-7H,1-2H3,(H,15,16). The topological polar surface area (TPSA) is 63.2 Å². The second kappa shape index (κ2) is 6.51. The van der Waals surface area contributed by atoms with Crippen LogP contribution in [0.2, 0.25) is 0 Å². The van der Waals surface area contributed by atoms with Gasteiger partial charge in [-0.3, -0.25) is 4.79 Å². The van der Waals surface area contributed by atoms with Crippen molar-refractivity contribution in [3.05, 3.63) is 45.2 Å². The monoisotopic (exact) mass is 405 g/mol. The molecule has 0 unspecified atom stereocenters. The minimum absolute atomic E-state index is 0.134. The van der Waals surface area contributed by atoms with E-state index in [-0.39, 0.29) is 4.21 Å². The number of nitrogens with one attached hydrogen (secondary N) is 1. The van der Waals surface area contributed by atoms with E-state index >= 15 is 0 Å². The number of hydrogen-bond donors (Lipinski definition) is 1. The quantitative estimate of drug-likeness (QED) is 0.788. The Hall–Kier alpha value is -0.830. The summed E-state index contributed by atoms with van der Waals surface area (Å²) < 4.78 is 27.4. The molecule has 1 aromatic carbocycles. The first kappa shape index (κ1) is 16.5. The van der Waals surface area contributed by atoms with E-state index in [9.17, 15) is 13.2 Å². The third-order valence-electron chi connectivity index (χ3n) is 2.71. The molecule has 4 nitrogen and oxygen atoms in total. The molecule has 1 heterocycles. The van der Waals surface area contributed by atoms with Crippen LogP contribution in [-0.2, 0) is 10.0 Å². The van der Waals surface area contributed by atoms with Crippen molar-refractivity contribution in [1.82, 2.24) is 4.72 Å². The summed E-state index contributed by atoms with van der Waals surface area (Å²) in [6.45, 7) is 1.75. The summed E-state index contributed by atoms with van der Waals surface area (Å²) >= 11 is 5.85. The molecule has 1 aromatic heterocycles. The molecular formula is C13H12BrNO3S3. The van der Waals surface area contributed by atoms with Gasteiger partial charge in [0.15, 0.2) is 0 Å². The predicted molar refractivity (Wildman–Crippen MR) is 89.6 cm³/mol. The van der Waals surface area contributed by atoms with Crippen LogP contribution < -0.4 is 4.72 Å². The first-order chi connectivity index (χ1) is 9.83. The minimum atomic E-state index is -3.83. The Labute approximate surface area is 140 Å². The van der Waals surface area contributed by atoms with Crippen molar-refractivity contribution in [1.29, 1.82) is 0 Å². The Bertz CT molecular complexity index is 784. The zero-order valence-electron chi connectivity index (χ0n) is 11.2. The molecule has 0 aliphatic rings. The fraction of sp³-hybridized carbons (Fsp3) is 0.154. The highest BCUT2D eigenvalue weighted by atomic mass is 79.9. The van der Waals surface area contributed by atoms with Gasteiger partial charge in [-0.25, -0.2) is 13.1 Å². The number of hydrogen-bond acceptors (Lipinski definition) is 5. The average Bonchev–Trinajstić information content (AvgIpc) is 2.87. The summed E-state index contributed by atoms with van der Waals surface area (Å²) in [4.78, 5) is 13.0. The summed E-state index contributed by atoms with van der Waals surface area (Å²) in [6, 6.07) is 6.61. The molecule has 0 aliphatic heterocycles.